The smallest absolute Gasteiger partial charge is 0.253 e. The molecule has 2 amide bonds. The van der Waals surface area contributed by atoms with Gasteiger partial charge in [-0.1, -0.05) is 17.7 Å². The van der Waals surface area contributed by atoms with Crippen molar-refractivity contribution < 1.29 is 9.59 Å². The van der Waals surface area contributed by atoms with Crippen molar-refractivity contribution in [2.24, 2.45) is 0 Å². The molecule has 4 nitrogen and oxygen atoms in total. The van der Waals surface area contributed by atoms with Gasteiger partial charge >= 0.3 is 0 Å². The SMILES string of the molecule is CC(=O)NC1CCN(C(=O)c2cccc(Cl)c2)CC1. The molecule has 5 heteroatoms. The van der Waals surface area contributed by atoms with Crippen LogP contribution >= 0.6 is 11.6 Å². The van der Waals surface area contributed by atoms with Crippen LogP contribution in [-0.2, 0) is 4.79 Å². The van der Waals surface area contributed by atoms with Gasteiger partial charge in [0.05, 0.1) is 0 Å². The Morgan fingerprint density at radius 2 is 2.00 bits per heavy atom. The van der Waals surface area contributed by atoms with E-state index in [0.717, 1.165) is 12.8 Å². The summed E-state index contributed by atoms with van der Waals surface area (Å²) in [5.41, 5.74) is 0.616. The van der Waals surface area contributed by atoms with Crippen molar-refractivity contribution in [2.45, 2.75) is 25.8 Å². The predicted molar refractivity (Wildman–Crippen MR) is 74.2 cm³/mol. The Hall–Kier alpha value is -1.55. The van der Waals surface area contributed by atoms with Crippen molar-refractivity contribution in [3.63, 3.8) is 0 Å². The Bertz CT molecular complexity index is 482. The molecule has 1 saturated heterocycles. The molecule has 0 radical (unpaired) electrons. The molecule has 1 aromatic rings. The number of hydrogen-bond acceptors (Lipinski definition) is 2. The van der Waals surface area contributed by atoms with Crippen molar-refractivity contribution in [1.29, 1.82) is 0 Å². The van der Waals surface area contributed by atoms with Gasteiger partial charge in [-0.3, -0.25) is 9.59 Å². The van der Waals surface area contributed by atoms with Gasteiger partial charge in [0.2, 0.25) is 5.91 Å². The molecular formula is C14H17ClN2O2. The van der Waals surface area contributed by atoms with Gasteiger partial charge in [-0.05, 0) is 31.0 Å². The lowest BCUT2D eigenvalue weighted by Crippen LogP contribution is -2.46. The molecule has 0 bridgehead atoms. The highest BCUT2D eigenvalue weighted by molar-refractivity contribution is 6.30. The van der Waals surface area contributed by atoms with E-state index in [1.807, 2.05) is 4.90 Å². The van der Waals surface area contributed by atoms with Crippen molar-refractivity contribution in [1.82, 2.24) is 10.2 Å². The molecule has 0 spiro atoms. The minimum absolute atomic E-state index is 0.00350. The molecule has 102 valence electrons. The zero-order valence-electron chi connectivity index (χ0n) is 10.9. The van der Waals surface area contributed by atoms with Crippen LogP contribution in [0.25, 0.3) is 0 Å². The van der Waals surface area contributed by atoms with E-state index in [-0.39, 0.29) is 17.9 Å². The third-order valence-electron chi connectivity index (χ3n) is 3.26. The Morgan fingerprint density at radius 3 is 2.58 bits per heavy atom. The molecule has 0 aromatic heterocycles. The van der Waals surface area contributed by atoms with E-state index in [9.17, 15) is 9.59 Å². The lowest BCUT2D eigenvalue weighted by Gasteiger charge is -2.32. The number of likely N-dealkylation sites (tertiary alicyclic amines) is 1. The summed E-state index contributed by atoms with van der Waals surface area (Å²) in [5.74, 6) is -0.0107. The number of halogens is 1. The number of benzene rings is 1. The maximum absolute atomic E-state index is 12.3. The van der Waals surface area contributed by atoms with Crippen LogP contribution in [0.4, 0.5) is 0 Å². The van der Waals surface area contributed by atoms with E-state index in [1.165, 1.54) is 6.92 Å². The maximum Gasteiger partial charge on any atom is 0.253 e. The second-order valence-corrected chi connectivity index (χ2v) is 5.21. The number of piperidine rings is 1. The molecule has 0 atom stereocenters. The highest BCUT2D eigenvalue weighted by Crippen LogP contribution is 2.16. The topological polar surface area (TPSA) is 49.4 Å². The van der Waals surface area contributed by atoms with Crippen LogP contribution in [0.15, 0.2) is 24.3 Å². The largest absolute Gasteiger partial charge is 0.353 e. The summed E-state index contributed by atoms with van der Waals surface area (Å²) in [6, 6.07) is 7.17. The zero-order chi connectivity index (χ0) is 13.8. The fourth-order valence-electron chi connectivity index (χ4n) is 2.32. The van der Waals surface area contributed by atoms with Crippen LogP contribution in [-0.4, -0.2) is 35.8 Å². The Morgan fingerprint density at radius 1 is 1.32 bits per heavy atom. The summed E-state index contributed by atoms with van der Waals surface area (Å²) in [4.78, 5) is 25.1. The molecule has 1 aliphatic rings. The third kappa shape index (κ3) is 3.70. The fourth-order valence-corrected chi connectivity index (χ4v) is 2.51. The minimum Gasteiger partial charge on any atom is -0.353 e. The van der Waals surface area contributed by atoms with Crippen LogP contribution in [0.3, 0.4) is 0 Å². The van der Waals surface area contributed by atoms with Crippen LogP contribution in [0.2, 0.25) is 5.02 Å². The summed E-state index contributed by atoms with van der Waals surface area (Å²) in [7, 11) is 0. The summed E-state index contributed by atoms with van der Waals surface area (Å²) < 4.78 is 0. The van der Waals surface area contributed by atoms with Crippen molar-refractivity contribution in [2.75, 3.05) is 13.1 Å². The van der Waals surface area contributed by atoms with Gasteiger partial charge in [0.15, 0.2) is 0 Å². The molecule has 19 heavy (non-hydrogen) atoms. The third-order valence-corrected chi connectivity index (χ3v) is 3.50. The average Bonchev–Trinajstić information content (AvgIpc) is 2.38. The molecule has 1 heterocycles. The minimum atomic E-state index is -0.0142. The zero-order valence-corrected chi connectivity index (χ0v) is 11.6. The molecular weight excluding hydrogens is 264 g/mol. The quantitative estimate of drug-likeness (QED) is 0.902. The molecule has 1 fully saturated rings. The van der Waals surface area contributed by atoms with Gasteiger partial charge in [-0.25, -0.2) is 0 Å². The fraction of sp³-hybridized carbons (Fsp3) is 0.429. The molecule has 1 N–H and O–H groups in total. The molecule has 0 aliphatic carbocycles. The summed E-state index contributed by atoms with van der Waals surface area (Å²) in [6.07, 6.45) is 1.60. The van der Waals surface area contributed by atoms with E-state index in [4.69, 9.17) is 11.6 Å². The van der Waals surface area contributed by atoms with Crippen molar-refractivity contribution in [3.05, 3.63) is 34.9 Å². The standard InChI is InChI=1S/C14H17ClN2O2/c1-10(18)16-13-5-7-17(8-6-13)14(19)11-3-2-4-12(15)9-11/h2-4,9,13H,5-8H2,1H3,(H,16,18). The number of amides is 2. The number of hydrogen-bond donors (Lipinski definition) is 1. The van der Waals surface area contributed by atoms with E-state index in [1.54, 1.807) is 24.3 Å². The lowest BCUT2D eigenvalue weighted by molar-refractivity contribution is -0.119. The summed E-state index contributed by atoms with van der Waals surface area (Å²) in [6.45, 7) is 2.84. The van der Waals surface area contributed by atoms with E-state index in [2.05, 4.69) is 5.32 Å². The summed E-state index contributed by atoms with van der Waals surface area (Å²) >= 11 is 5.89. The van der Waals surface area contributed by atoms with Gasteiger partial charge in [0.25, 0.3) is 5.91 Å². The second-order valence-electron chi connectivity index (χ2n) is 4.78. The van der Waals surface area contributed by atoms with E-state index >= 15 is 0 Å². The van der Waals surface area contributed by atoms with Gasteiger partial charge in [0, 0.05) is 36.6 Å². The highest BCUT2D eigenvalue weighted by atomic mass is 35.5. The van der Waals surface area contributed by atoms with Gasteiger partial charge < -0.3 is 10.2 Å². The van der Waals surface area contributed by atoms with Crippen LogP contribution in [0, 0.1) is 0 Å². The summed E-state index contributed by atoms with van der Waals surface area (Å²) in [5, 5.41) is 3.46. The molecule has 0 unspecified atom stereocenters. The molecule has 2 rings (SSSR count). The predicted octanol–water partition coefficient (Wildman–Crippen LogP) is 2.08. The monoisotopic (exact) mass is 280 g/mol. The normalized spacial score (nSPS) is 16.2. The highest BCUT2D eigenvalue weighted by Gasteiger charge is 2.23. The second kappa shape index (κ2) is 6.06. The van der Waals surface area contributed by atoms with E-state index in [0.29, 0.717) is 23.7 Å². The number of carbonyl (C=O) groups is 2. The van der Waals surface area contributed by atoms with Gasteiger partial charge in [0.1, 0.15) is 0 Å². The van der Waals surface area contributed by atoms with Crippen molar-refractivity contribution in [3.8, 4) is 0 Å². The maximum atomic E-state index is 12.3. The number of rotatable bonds is 2. The average molecular weight is 281 g/mol. The first-order valence-corrected chi connectivity index (χ1v) is 6.76. The van der Waals surface area contributed by atoms with E-state index < -0.39 is 0 Å². The first-order valence-electron chi connectivity index (χ1n) is 6.38. The molecule has 1 aliphatic heterocycles. The van der Waals surface area contributed by atoms with Gasteiger partial charge in [-0.15, -0.1) is 0 Å². The first kappa shape index (κ1) is 13.9. The first-order chi connectivity index (χ1) is 9.06. The number of nitrogens with zero attached hydrogens (tertiary/aromatic N) is 1. The number of nitrogens with one attached hydrogen (secondary N) is 1. The van der Waals surface area contributed by atoms with Crippen molar-refractivity contribution >= 4 is 23.4 Å². The Balaban J connectivity index is 1.94. The molecule has 1 aromatic carbocycles. The van der Waals surface area contributed by atoms with Gasteiger partial charge in [-0.2, -0.15) is 0 Å². The Kier molecular flexibility index (Phi) is 4.43. The lowest BCUT2D eigenvalue weighted by atomic mass is 10.0. The van der Waals surface area contributed by atoms with Crippen LogP contribution < -0.4 is 5.32 Å². The Labute approximate surface area is 117 Å². The molecule has 0 saturated carbocycles. The number of carbonyl (C=O) groups excluding carboxylic acids is 2. The van der Waals surface area contributed by atoms with Crippen LogP contribution in [0.5, 0.6) is 0 Å². The van der Waals surface area contributed by atoms with Crippen LogP contribution in [0.1, 0.15) is 30.1 Å².